The van der Waals surface area contributed by atoms with Crippen molar-refractivity contribution in [1.82, 2.24) is 4.98 Å². The number of nitrogen functional groups attached to an aromatic ring is 1. The highest BCUT2D eigenvalue weighted by atomic mass is 16.5. The average Bonchev–Trinajstić information content (AvgIpc) is 2.42. The fourth-order valence-electron chi connectivity index (χ4n) is 1.69. The number of anilines is 3. The smallest absolute Gasteiger partial charge is 0.130 e. The van der Waals surface area contributed by atoms with Crippen molar-refractivity contribution in [1.29, 1.82) is 0 Å². The van der Waals surface area contributed by atoms with Crippen molar-refractivity contribution < 1.29 is 4.74 Å². The molecular weight excluding hydrogens is 250 g/mol. The number of pyridine rings is 1. The maximum Gasteiger partial charge on any atom is 0.130 e. The van der Waals surface area contributed by atoms with Crippen LogP contribution >= 0.6 is 0 Å². The summed E-state index contributed by atoms with van der Waals surface area (Å²) in [7, 11) is 0. The van der Waals surface area contributed by atoms with E-state index in [1.54, 1.807) is 0 Å². The highest BCUT2D eigenvalue weighted by Crippen LogP contribution is 2.20. The number of nitrogens with one attached hydrogen (secondary N) is 1. The van der Waals surface area contributed by atoms with E-state index in [4.69, 9.17) is 10.5 Å². The molecular formula is C16H21N3O. The van der Waals surface area contributed by atoms with Crippen molar-refractivity contribution >= 4 is 17.2 Å². The van der Waals surface area contributed by atoms with Crippen LogP contribution in [0.3, 0.4) is 0 Å². The first-order valence-electron chi connectivity index (χ1n) is 6.77. The lowest BCUT2D eigenvalue weighted by atomic mass is 10.2. The zero-order valence-corrected chi connectivity index (χ0v) is 12.2. The maximum atomic E-state index is 5.75. The zero-order chi connectivity index (χ0) is 14.5. The molecule has 0 aliphatic carbocycles. The van der Waals surface area contributed by atoms with Gasteiger partial charge in [-0.2, -0.15) is 0 Å². The predicted octanol–water partition coefficient (Wildman–Crippen LogP) is 3.75. The van der Waals surface area contributed by atoms with Crippen LogP contribution in [-0.2, 0) is 0 Å². The van der Waals surface area contributed by atoms with E-state index in [2.05, 4.69) is 24.1 Å². The predicted molar refractivity (Wildman–Crippen MR) is 83.4 cm³/mol. The standard InChI is InChI=1S/C16H21N3O/c1-11(2)10-20-14-6-4-13(5-7-14)19-16-9-8-15(17)12(3)18-16/h4-9,11H,10,17H2,1-3H3,(H,18,19). The summed E-state index contributed by atoms with van der Waals surface area (Å²) in [5.41, 5.74) is 8.25. The first kappa shape index (κ1) is 14.2. The minimum Gasteiger partial charge on any atom is -0.493 e. The van der Waals surface area contributed by atoms with Gasteiger partial charge in [-0.1, -0.05) is 13.8 Å². The second-order valence-corrected chi connectivity index (χ2v) is 5.23. The van der Waals surface area contributed by atoms with Crippen LogP contribution in [0.1, 0.15) is 19.5 Å². The van der Waals surface area contributed by atoms with E-state index in [0.717, 1.165) is 29.6 Å². The van der Waals surface area contributed by atoms with Gasteiger partial charge >= 0.3 is 0 Å². The van der Waals surface area contributed by atoms with E-state index < -0.39 is 0 Å². The molecule has 0 amide bonds. The number of hydrogen-bond donors (Lipinski definition) is 2. The Morgan fingerprint density at radius 3 is 2.45 bits per heavy atom. The van der Waals surface area contributed by atoms with Gasteiger partial charge in [0.15, 0.2) is 0 Å². The van der Waals surface area contributed by atoms with Crippen LogP contribution in [0.15, 0.2) is 36.4 Å². The van der Waals surface area contributed by atoms with Gasteiger partial charge in [0.05, 0.1) is 18.0 Å². The fraction of sp³-hybridized carbons (Fsp3) is 0.312. The number of aryl methyl sites for hydroxylation is 1. The number of benzene rings is 1. The molecule has 106 valence electrons. The van der Waals surface area contributed by atoms with Crippen LogP contribution in [0.2, 0.25) is 0 Å². The Bertz CT molecular complexity index is 564. The lowest BCUT2D eigenvalue weighted by Gasteiger charge is -2.10. The summed E-state index contributed by atoms with van der Waals surface area (Å²) in [6, 6.07) is 11.6. The second-order valence-electron chi connectivity index (χ2n) is 5.23. The summed E-state index contributed by atoms with van der Waals surface area (Å²) in [6.07, 6.45) is 0. The molecule has 0 bridgehead atoms. The Morgan fingerprint density at radius 2 is 1.85 bits per heavy atom. The van der Waals surface area contributed by atoms with Gasteiger partial charge in [-0.15, -0.1) is 0 Å². The molecule has 0 atom stereocenters. The van der Waals surface area contributed by atoms with Gasteiger partial charge in [0.1, 0.15) is 11.6 Å². The van der Waals surface area contributed by atoms with Gasteiger partial charge < -0.3 is 15.8 Å². The number of aromatic nitrogens is 1. The molecule has 0 aliphatic rings. The molecule has 0 radical (unpaired) electrons. The third-order valence-electron chi connectivity index (χ3n) is 2.84. The van der Waals surface area contributed by atoms with Crippen LogP contribution < -0.4 is 15.8 Å². The van der Waals surface area contributed by atoms with Crippen molar-refractivity contribution in [2.24, 2.45) is 5.92 Å². The zero-order valence-electron chi connectivity index (χ0n) is 12.2. The molecule has 1 heterocycles. The molecule has 2 rings (SSSR count). The van der Waals surface area contributed by atoms with Crippen molar-refractivity contribution in [2.75, 3.05) is 17.7 Å². The molecule has 0 unspecified atom stereocenters. The largest absolute Gasteiger partial charge is 0.493 e. The molecule has 1 aromatic heterocycles. The van der Waals surface area contributed by atoms with Crippen molar-refractivity contribution in [3.05, 3.63) is 42.1 Å². The lowest BCUT2D eigenvalue weighted by molar-refractivity contribution is 0.271. The molecule has 0 fully saturated rings. The van der Waals surface area contributed by atoms with Gasteiger partial charge in [-0.25, -0.2) is 4.98 Å². The molecule has 2 aromatic rings. The quantitative estimate of drug-likeness (QED) is 0.869. The normalized spacial score (nSPS) is 10.6. The van der Waals surface area contributed by atoms with Crippen molar-refractivity contribution in [3.8, 4) is 5.75 Å². The van der Waals surface area contributed by atoms with Crippen LogP contribution in [0.25, 0.3) is 0 Å². The summed E-state index contributed by atoms with van der Waals surface area (Å²) in [4.78, 5) is 4.38. The summed E-state index contributed by atoms with van der Waals surface area (Å²) < 4.78 is 5.65. The van der Waals surface area contributed by atoms with Gasteiger partial charge in [0, 0.05) is 5.69 Å². The molecule has 4 heteroatoms. The second kappa shape index (κ2) is 6.28. The Balaban J connectivity index is 2.01. The molecule has 0 spiro atoms. The van der Waals surface area contributed by atoms with Crippen LogP contribution in [-0.4, -0.2) is 11.6 Å². The summed E-state index contributed by atoms with van der Waals surface area (Å²) >= 11 is 0. The molecule has 3 N–H and O–H groups in total. The third-order valence-corrected chi connectivity index (χ3v) is 2.84. The number of hydrogen-bond acceptors (Lipinski definition) is 4. The minimum atomic E-state index is 0.523. The SMILES string of the molecule is Cc1nc(Nc2ccc(OCC(C)C)cc2)ccc1N. The Kier molecular flexibility index (Phi) is 4.45. The van der Waals surface area contributed by atoms with Crippen molar-refractivity contribution in [3.63, 3.8) is 0 Å². The van der Waals surface area contributed by atoms with E-state index in [1.165, 1.54) is 0 Å². The summed E-state index contributed by atoms with van der Waals surface area (Å²) in [5.74, 6) is 2.19. The number of rotatable bonds is 5. The van der Waals surface area contributed by atoms with Crippen LogP contribution in [0.5, 0.6) is 5.75 Å². The van der Waals surface area contributed by atoms with Gasteiger partial charge in [-0.3, -0.25) is 0 Å². The molecule has 0 aliphatic heterocycles. The molecule has 4 nitrogen and oxygen atoms in total. The van der Waals surface area contributed by atoms with E-state index in [-0.39, 0.29) is 0 Å². The molecule has 0 saturated carbocycles. The summed E-state index contributed by atoms with van der Waals surface area (Å²) in [5, 5.41) is 3.24. The Morgan fingerprint density at radius 1 is 1.15 bits per heavy atom. The molecule has 0 saturated heterocycles. The molecule has 1 aromatic carbocycles. The molecule has 20 heavy (non-hydrogen) atoms. The highest BCUT2D eigenvalue weighted by molar-refractivity contribution is 5.59. The van der Waals surface area contributed by atoms with E-state index in [9.17, 15) is 0 Å². The Hall–Kier alpha value is -2.23. The van der Waals surface area contributed by atoms with Crippen LogP contribution in [0.4, 0.5) is 17.2 Å². The maximum absolute atomic E-state index is 5.75. The average molecular weight is 271 g/mol. The number of ether oxygens (including phenoxy) is 1. The van der Waals surface area contributed by atoms with Gasteiger partial charge in [0.2, 0.25) is 0 Å². The van der Waals surface area contributed by atoms with Crippen molar-refractivity contribution in [2.45, 2.75) is 20.8 Å². The fourth-order valence-corrected chi connectivity index (χ4v) is 1.69. The van der Waals surface area contributed by atoms with Gasteiger partial charge in [-0.05, 0) is 49.2 Å². The highest BCUT2D eigenvalue weighted by Gasteiger charge is 2.01. The third kappa shape index (κ3) is 3.88. The first-order valence-corrected chi connectivity index (χ1v) is 6.77. The van der Waals surface area contributed by atoms with E-state index in [0.29, 0.717) is 11.6 Å². The monoisotopic (exact) mass is 271 g/mol. The minimum absolute atomic E-state index is 0.523. The Labute approximate surface area is 120 Å². The number of nitrogens with zero attached hydrogens (tertiary/aromatic N) is 1. The lowest BCUT2D eigenvalue weighted by Crippen LogP contribution is -2.04. The first-order chi connectivity index (χ1) is 9.54. The van der Waals surface area contributed by atoms with Crippen LogP contribution in [0, 0.1) is 12.8 Å². The van der Waals surface area contributed by atoms with E-state index in [1.807, 2.05) is 43.3 Å². The topological polar surface area (TPSA) is 60.2 Å². The summed E-state index contributed by atoms with van der Waals surface area (Å²) in [6.45, 7) is 6.88. The number of nitrogens with two attached hydrogens (primary N) is 1. The van der Waals surface area contributed by atoms with Gasteiger partial charge in [0.25, 0.3) is 0 Å². The van der Waals surface area contributed by atoms with E-state index >= 15 is 0 Å².